The van der Waals surface area contributed by atoms with Gasteiger partial charge in [0.2, 0.25) is 0 Å². The normalized spacial score (nSPS) is 23.2. The Labute approximate surface area is 100 Å². The van der Waals surface area contributed by atoms with Crippen molar-refractivity contribution >= 4 is 22.9 Å². The first-order valence-electron chi connectivity index (χ1n) is 5.64. The number of thiazole rings is 1. The van der Waals surface area contributed by atoms with E-state index in [1.165, 1.54) is 37.1 Å². The first-order valence-corrected chi connectivity index (χ1v) is 6.83. The predicted octanol–water partition coefficient (Wildman–Crippen LogP) is 3.56. The summed E-state index contributed by atoms with van der Waals surface area (Å²) in [6, 6.07) is 0.764. The second-order valence-corrected chi connectivity index (χ2v) is 5.81. The molecule has 0 bridgehead atoms. The average molecular weight is 245 g/mol. The summed E-state index contributed by atoms with van der Waals surface area (Å²) in [4.78, 5) is 7.96. The van der Waals surface area contributed by atoms with Crippen molar-refractivity contribution in [3.8, 4) is 0 Å². The van der Waals surface area contributed by atoms with Gasteiger partial charge in [-0.05, 0) is 25.8 Å². The van der Waals surface area contributed by atoms with Crippen molar-refractivity contribution in [2.24, 2.45) is 0 Å². The van der Waals surface area contributed by atoms with Crippen LogP contribution in [0.1, 0.15) is 37.5 Å². The van der Waals surface area contributed by atoms with Gasteiger partial charge in [-0.25, -0.2) is 4.98 Å². The van der Waals surface area contributed by atoms with Crippen LogP contribution >= 0.6 is 22.9 Å². The highest BCUT2D eigenvalue weighted by molar-refractivity contribution is 7.15. The van der Waals surface area contributed by atoms with Gasteiger partial charge in [0, 0.05) is 23.7 Å². The fourth-order valence-corrected chi connectivity index (χ4v) is 3.29. The van der Waals surface area contributed by atoms with Gasteiger partial charge in [-0.2, -0.15) is 0 Å². The number of aromatic nitrogens is 1. The molecule has 0 spiro atoms. The molecule has 1 aliphatic rings. The van der Waals surface area contributed by atoms with Crippen LogP contribution in [0.5, 0.6) is 0 Å². The first kappa shape index (κ1) is 11.4. The number of halogens is 1. The largest absolute Gasteiger partial charge is 0.295 e. The van der Waals surface area contributed by atoms with Crippen LogP contribution in [0.3, 0.4) is 0 Å². The molecule has 0 radical (unpaired) electrons. The summed E-state index contributed by atoms with van der Waals surface area (Å²) in [6.45, 7) is 4.54. The molecular formula is C11H17ClN2S. The Kier molecular flexibility index (Phi) is 4.00. The van der Waals surface area contributed by atoms with Crippen LogP contribution in [0.25, 0.3) is 0 Å². The monoisotopic (exact) mass is 244 g/mol. The highest BCUT2D eigenvalue weighted by atomic mass is 35.5. The quantitative estimate of drug-likeness (QED) is 0.808. The molecule has 4 heteroatoms. The Hall–Kier alpha value is -0.120. The minimum atomic E-state index is 0.662. The number of hydrogen-bond acceptors (Lipinski definition) is 3. The number of nitrogens with zero attached hydrogens (tertiary/aromatic N) is 2. The summed E-state index contributed by atoms with van der Waals surface area (Å²) in [5.74, 6) is 0. The lowest BCUT2D eigenvalue weighted by atomic mass is 10.0. The highest BCUT2D eigenvalue weighted by Gasteiger charge is 2.21. The molecule has 1 aliphatic heterocycles. The third-order valence-electron chi connectivity index (χ3n) is 3.10. The van der Waals surface area contributed by atoms with Gasteiger partial charge in [0.15, 0.2) is 4.47 Å². The molecule has 0 saturated carbocycles. The predicted molar refractivity (Wildman–Crippen MR) is 65.5 cm³/mol. The molecule has 2 rings (SSSR count). The molecule has 1 unspecified atom stereocenters. The molecule has 2 nitrogen and oxygen atoms in total. The Morgan fingerprint density at radius 2 is 2.47 bits per heavy atom. The van der Waals surface area contributed by atoms with E-state index in [1.807, 2.05) is 6.20 Å². The Morgan fingerprint density at radius 1 is 1.60 bits per heavy atom. The maximum Gasteiger partial charge on any atom is 0.183 e. The summed E-state index contributed by atoms with van der Waals surface area (Å²) >= 11 is 7.44. The van der Waals surface area contributed by atoms with Crippen molar-refractivity contribution in [2.45, 2.75) is 45.2 Å². The van der Waals surface area contributed by atoms with E-state index in [4.69, 9.17) is 11.6 Å². The topological polar surface area (TPSA) is 16.1 Å². The first-order chi connectivity index (χ1) is 7.29. The highest BCUT2D eigenvalue weighted by Crippen LogP contribution is 2.25. The van der Waals surface area contributed by atoms with Crippen LogP contribution in [0.15, 0.2) is 6.20 Å². The molecule has 0 aliphatic carbocycles. The van der Waals surface area contributed by atoms with Crippen LogP contribution in [0.4, 0.5) is 0 Å². The maximum absolute atomic E-state index is 5.84. The summed E-state index contributed by atoms with van der Waals surface area (Å²) in [7, 11) is 0. The molecule has 1 fully saturated rings. The standard InChI is InChI=1S/C11H17ClN2S/c1-2-9-5-3-4-6-14(9)8-10-7-13-11(12)15-10/h7,9H,2-6,8H2,1H3. The Bertz CT molecular complexity index is 313. The van der Waals surface area contributed by atoms with Crippen LogP contribution in [-0.2, 0) is 6.54 Å². The maximum atomic E-state index is 5.84. The van der Waals surface area contributed by atoms with Crippen LogP contribution in [0, 0.1) is 0 Å². The van der Waals surface area contributed by atoms with Crippen molar-refractivity contribution in [1.82, 2.24) is 9.88 Å². The molecule has 0 N–H and O–H groups in total. The van der Waals surface area contributed by atoms with Crippen molar-refractivity contribution in [2.75, 3.05) is 6.54 Å². The zero-order valence-corrected chi connectivity index (χ0v) is 10.7. The summed E-state index contributed by atoms with van der Waals surface area (Å²) in [5.41, 5.74) is 0. The van der Waals surface area contributed by atoms with Crippen LogP contribution < -0.4 is 0 Å². The van der Waals surface area contributed by atoms with E-state index in [9.17, 15) is 0 Å². The van der Waals surface area contributed by atoms with Gasteiger partial charge in [0.25, 0.3) is 0 Å². The summed E-state index contributed by atoms with van der Waals surface area (Å²) in [5, 5.41) is 0. The van der Waals surface area contributed by atoms with E-state index < -0.39 is 0 Å². The van der Waals surface area contributed by atoms with Gasteiger partial charge in [0.1, 0.15) is 0 Å². The van der Waals surface area contributed by atoms with E-state index in [2.05, 4.69) is 16.8 Å². The van der Waals surface area contributed by atoms with Crippen LogP contribution in [-0.4, -0.2) is 22.5 Å². The third-order valence-corrected chi connectivity index (χ3v) is 4.20. The molecule has 1 atom stereocenters. The Morgan fingerprint density at radius 3 is 3.13 bits per heavy atom. The Balaban J connectivity index is 1.97. The second kappa shape index (κ2) is 5.28. The number of hydrogen-bond donors (Lipinski definition) is 0. The van der Waals surface area contributed by atoms with Crippen molar-refractivity contribution < 1.29 is 0 Å². The molecule has 2 heterocycles. The van der Waals surface area contributed by atoms with Gasteiger partial charge < -0.3 is 0 Å². The molecule has 1 aromatic rings. The molecule has 15 heavy (non-hydrogen) atoms. The summed E-state index contributed by atoms with van der Waals surface area (Å²) < 4.78 is 0.662. The minimum absolute atomic E-state index is 0.662. The van der Waals surface area contributed by atoms with E-state index in [-0.39, 0.29) is 0 Å². The minimum Gasteiger partial charge on any atom is -0.295 e. The van der Waals surface area contributed by atoms with E-state index in [0.717, 1.165) is 12.6 Å². The van der Waals surface area contributed by atoms with E-state index in [0.29, 0.717) is 4.47 Å². The SMILES string of the molecule is CCC1CCCCN1Cc1cnc(Cl)s1. The fraction of sp³-hybridized carbons (Fsp3) is 0.727. The molecule has 84 valence electrons. The van der Waals surface area contributed by atoms with Gasteiger partial charge >= 0.3 is 0 Å². The second-order valence-electron chi connectivity index (χ2n) is 4.11. The van der Waals surface area contributed by atoms with Crippen LogP contribution in [0.2, 0.25) is 4.47 Å². The smallest absolute Gasteiger partial charge is 0.183 e. The lowest BCUT2D eigenvalue weighted by molar-refractivity contribution is 0.137. The van der Waals surface area contributed by atoms with Crippen molar-refractivity contribution in [1.29, 1.82) is 0 Å². The van der Waals surface area contributed by atoms with Crippen molar-refractivity contribution in [3.63, 3.8) is 0 Å². The van der Waals surface area contributed by atoms with Crippen molar-refractivity contribution in [3.05, 3.63) is 15.5 Å². The molecule has 1 saturated heterocycles. The van der Waals surface area contributed by atoms with Gasteiger partial charge in [-0.15, -0.1) is 11.3 Å². The zero-order valence-electron chi connectivity index (χ0n) is 9.08. The molecule has 1 aromatic heterocycles. The third kappa shape index (κ3) is 2.92. The lowest BCUT2D eigenvalue weighted by Gasteiger charge is -2.34. The average Bonchev–Trinajstić information content (AvgIpc) is 2.65. The van der Waals surface area contributed by atoms with Gasteiger partial charge in [-0.3, -0.25) is 4.90 Å². The fourth-order valence-electron chi connectivity index (χ4n) is 2.29. The van der Waals surface area contributed by atoms with Gasteiger partial charge in [0.05, 0.1) is 0 Å². The zero-order chi connectivity index (χ0) is 10.7. The molecular weight excluding hydrogens is 228 g/mol. The number of likely N-dealkylation sites (tertiary alicyclic amines) is 1. The van der Waals surface area contributed by atoms with E-state index >= 15 is 0 Å². The number of rotatable bonds is 3. The molecule has 0 aromatic carbocycles. The van der Waals surface area contributed by atoms with Gasteiger partial charge in [-0.1, -0.05) is 24.9 Å². The molecule has 0 amide bonds. The summed E-state index contributed by atoms with van der Waals surface area (Å²) in [6.07, 6.45) is 7.24. The lowest BCUT2D eigenvalue weighted by Crippen LogP contribution is -2.38. The van der Waals surface area contributed by atoms with E-state index in [1.54, 1.807) is 11.3 Å². The number of piperidine rings is 1.